The van der Waals surface area contributed by atoms with Gasteiger partial charge in [0.05, 0.1) is 7.11 Å². The molecule has 3 heteroatoms. The summed E-state index contributed by atoms with van der Waals surface area (Å²) in [6.45, 7) is 2.25. The van der Waals surface area contributed by atoms with Gasteiger partial charge in [0.2, 0.25) is 0 Å². The van der Waals surface area contributed by atoms with Crippen LogP contribution in [0.4, 0.5) is 0 Å². The Labute approximate surface area is 102 Å². The molecule has 0 aromatic carbocycles. The zero-order valence-corrected chi connectivity index (χ0v) is 11.9. The van der Waals surface area contributed by atoms with Crippen LogP contribution < -0.4 is 0 Å². The number of unbranched alkanes of at least 4 members (excludes halogenated alkanes) is 9. The van der Waals surface area contributed by atoms with Crippen molar-refractivity contribution in [3.05, 3.63) is 0 Å². The normalized spacial score (nSPS) is 11.8. The van der Waals surface area contributed by atoms with Gasteiger partial charge in [-0.3, -0.25) is 0 Å². The van der Waals surface area contributed by atoms with E-state index in [1.807, 2.05) is 0 Å². The van der Waals surface area contributed by atoms with Crippen LogP contribution in [0.25, 0.3) is 0 Å². The zero-order valence-electron chi connectivity index (χ0n) is 11.0. The van der Waals surface area contributed by atoms with E-state index in [9.17, 15) is 4.57 Å². The van der Waals surface area contributed by atoms with Crippen molar-refractivity contribution in [2.24, 2.45) is 0 Å². The molecule has 0 aliphatic rings. The first kappa shape index (κ1) is 16.1. The molecule has 0 aliphatic heterocycles. The Hall–Kier alpha value is 0.0600. The molecule has 0 fully saturated rings. The summed E-state index contributed by atoms with van der Waals surface area (Å²) in [5, 5.41) is 0. The van der Waals surface area contributed by atoms with E-state index in [0.717, 1.165) is 12.6 Å². The maximum atomic E-state index is 11.0. The number of hydrogen-bond donors (Lipinski definition) is 0. The van der Waals surface area contributed by atoms with Crippen LogP contribution in [0.3, 0.4) is 0 Å². The zero-order chi connectivity index (χ0) is 12.1. The monoisotopic (exact) mass is 247 g/mol. The fourth-order valence-corrected chi connectivity index (χ4v) is 2.48. The second-order valence-corrected chi connectivity index (χ2v) is 5.90. The van der Waals surface area contributed by atoms with Gasteiger partial charge in [-0.2, -0.15) is 0 Å². The Balaban J connectivity index is 2.96. The molecule has 0 radical (unpaired) electrons. The quantitative estimate of drug-likeness (QED) is 0.345. The number of hydrogen-bond acceptors (Lipinski definition) is 2. The highest BCUT2D eigenvalue weighted by Crippen LogP contribution is 2.22. The summed E-state index contributed by atoms with van der Waals surface area (Å²) in [6.07, 6.45) is 13.9. The van der Waals surface area contributed by atoms with Gasteiger partial charge in [-0.1, -0.05) is 58.3 Å². The van der Waals surface area contributed by atoms with Crippen molar-refractivity contribution in [2.75, 3.05) is 13.3 Å². The lowest BCUT2D eigenvalue weighted by Crippen LogP contribution is -1.84. The average molecular weight is 247 g/mol. The maximum absolute atomic E-state index is 11.0. The standard InChI is InChI=1S/C13H28O2P/c1-3-4-5-6-7-8-9-10-11-12-13-16(14)15-2/h3-13H2,1-2H3/q+1. The highest BCUT2D eigenvalue weighted by atomic mass is 31.1. The molecule has 0 bridgehead atoms. The topological polar surface area (TPSA) is 26.3 Å². The molecule has 96 valence electrons. The van der Waals surface area contributed by atoms with E-state index in [2.05, 4.69) is 6.92 Å². The maximum Gasteiger partial charge on any atom is 0.507 e. The SMILES string of the molecule is CCCCCCCCCCCC[P+](=O)OC. The molecule has 0 aromatic rings. The molecule has 0 aliphatic carbocycles. The van der Waals surface area contributed by atoms with Gasteiger partial charge in [0.1, 0.15) is 0 Å². The summed E-state index contributed by atoms with van der Waals surface area (Å²) < 4.78 is 15.7. The molecular weight excluding hydrogens is 219 g/mol. The van der Waals surface area contributed by atoms with Gasteiger partial charge in [-0.15, -0.1) is 4.52 Å². The third-order valence-electron chi connectivity index (χ3n) is 2.90. The molecule has 0 heterocycles. The molecular formula is C13H28O2P+. The number of rotatable bonds is 12. The highest BCUT2D eigenvalue weighted by molar-refractivity contribution is 7.39. The Morgan fingerprint density at radius 1 is 0.812 bits per heavy atom. The lowest BCUT2D eigenvalue weighted by atomic mass is 10.1. The van der Waals surface area contributed by atoms with Crippen molar-refractivity contribution in [1.29, 1.82) is 0 Å². The summed E-state index contributed by atoms with van der Waals surface area (Å²) in [4.78, 5) is 0. The van der Waals surface area contributed by atoms with Crippen LogP contribution in [0.1, 0.15) is 71.1 Å². The van der Waals surface area contributed by atoms with Crippen LogP contribution in [0.15, 0.2) is 0 Å². The molecule has 0 N–H and O–H groups in total. The van der Waals surface area contributed by atoms with Crippen LogP contribution in [0.5, 0.6) is 0 Å². The van der Waals surface area contributed by atoms with E-state index in [1.165, 1.54) is 64.9 Å². The van der Waals surface area contributed by atoms with E-state index in [4.69, 9.17) is 4.52 Å². The van der Waals surface area contributed by atoms with Crippen LogP contribution in [-0.2, 0) is 9.09 Å². The smallest absolute Gasteiger partial charge is 0.150 e. The van der Waals surface area contributed by atoms with Crippen LogP contribution in [-0.4, -0.2) is 13.3 Å². The summed E-state index contributed by atoms with van der Waals surface area (Å²) in [5.41, 5.74) is 0. The first-order chi connectivity index (χ1) is 7.81. The summed E-state index contributed by atoms with van der Waals surface area (Å²) in [7, 11) is 0.160. The van der Waals surface area contributed by atoms with Crippen LogP contribution in [0.2, 0.25) is 0 Å². The van der Waals surface area contributed by atoms with Crippen molar-refractivity contribution < 1.29 is 9.09 Å². The Morgan fingerprint density at radius 3 is 1.69 bits per heavy atom. The van der Waals surface area contributed by atoms with Gasteiger partial charge in [0.15, 0.2) is 6.16 Å². The highest BCUT2D eigenvalue weighted by Gasteiger charge is 2.12. The molecule has 0 saturated heterocycles. The second kappa shape index (κ2) is 13.1. The predicted molar refractivity (Wildman–Crippen MR) is 71.3 cm³/mol. The first-order valence-corrected chi connectivity index (χ1v) is 8.16. The van der Waals surface area contributed by atoms with Crippen LogP contribution >= 0.6 is 8.03 Å². The molecule has 0 saturated carbocycles. The molecule has 1 unspecified atom stereocenters. The van der Waals surface area contributed by atoms with Crippen molar-refractivity contribution >= 4 is 8.03 Å². The van der Waals surface area contributed by atoms with E-state index < -0.39 is 8.03 Å². The van der Waals surface area contributed by atoms with Gasteiger partial charge in [0, 0.05) is 0 Å². The van der Waals surface area contributed by atoms with E-state index in [0.29, 0.717) is 0 Å². The largest absolute Gasteiger partial charge is 0.507 e. The fraction of sp³-hybridized carbons (Fsp3) is 1.00. The molecule has 2 nitrogen and oxygen atoms in total. The van der Waals surface area contributed by atoms with E-state index in [-0.39, 0.29) is 0 Å². The van der Waals surface area contributed by atoms with E-state index in [1.54, 1.807) is 0 Å². The van der Waals surface area contributed by atoms with Crippen molar-refractivity contribution in [2.45, 2.75) is 71.1 Å². The third kappa shape index (κ3) is 12.1. The van der Waals surface area contributed by atoms with Gasteiger partial charge in [0.25, 0.3) is 0 Å². The summed E-state index contributed by atoms with van der Waals surface area (Å²) in [6, 6.07) is 0. The molecule has 0 amide bonds. The minimum absolute atomic E-state index is 0.738. The Morgan fingerprint density at radius 2 is 1.25 bits per heavy atom. The van der Waals surface area contributed by atoms with E-state index >= 15 is 0 Å². The summed E-state index contributed by atoms with van der Waals surface area (Å²) >= 11 is 0. The second-order valence-electron chi connectivity index (χ2n) is 4.42. The van der Waals surface area contributed by atoms with Crippen molar-refractivity contribution in [1.82, 2.24) is 0 Å². The third-order valence-corrected chi connectivity index (χ3v) is 3.99. The molecule has 1 atom stereocenters. The Kier molecular flexibility index (Phi) is 13.2. The molecule has 16 heavy (non-hydrogen) atoms. The molecule has 0 aromatic heterocycles. The van der Waals surface area contributed by atoms with Gasteiger partial charge in [-0.25, -0.2) is 0 Å². The first-order valence-electron chi connectivity index (χ1n) is 6.80. The lowest BCUT2D eigenvalue weighted by molar-refractivity contribution is 0.413. The summed E-state index contributed by atoms with van der Waals surface area (Å²) in [5.74, 6) is 0. The Bertz CT molecular complexity index is 160. The van der Waals surface area contributed by atoms with Crippen LogP contribution in [0, 0.1) is 0 Å². The predicted octanol–water partition coefficient (Wildman–Crippen LogP) is 5.30. The molecule has 0 rings (SSSR count). The van der Waals surface area contributed by atoms with Gasteiger partial charge < -0.3 is 0 Å². The van der Waals surface area contributed by atoms with Gasteiger partial charge >= 0.3 is 8.03 Å². The molecule has 0 spiro atoms. The average Bonchev–Trinajstić information content (AvgIpc) is 2.31. The van der Waals surface area contributed by atoms with Gasteiger partial charge in [-0.05, 0) is 17.4 Å². The minimum atomic E-state index is -1.36. The van der Waals surface area contributed by atoms with Crippen molar-refractivity contribution in [3.63, 3.8) is 0 Å². The minimum Gasteiger partial charge on any atom is -0.150 e. The fourth-order valence-electron chi connectivity index (χ4n) is 1.82. The van der Waals surface area contributed by atoms with Crippen molar-refractivity contribution in [3.8, 4) is 0 Å². The lowest BCUT2D eigenvalue weighted by Gasteiger charge is -2.00.